The topological polar surface area (TPSA) is 78.0 Å². The second kappa shape index (κ2) is 46.2. The number of benzene rings is 3. The molecular weight excluding hydrogens is 1280 g/mol. The Bertz CT molecular complexity index is 3240. The van der Waals surface area contributed by atoms with E-state index in [0.29, 0.717) is 40.3 Å². The summed E-state index contributed by atoms with van der Waals surface area (Å²) in [7, 11) is 0. The molecule has 552 valence electrons. The van der Waals surface area contributed by atoms with Gasteiger partial charge in [-0.1, -0.05) is 366 Å². The standard InChI is InChI=1S/C60H90N2O2S2.C30H45NO2S/c1-5-9-13-17-21-23-27-31-39-47(37-29-25-19-15-11-7-3)45-61-55-49-41-33-35-43-51(49)65-57(55)53(59(61)63)54-58-56(50-42-34-36-44-52(50)66-58)62(60(54)64)46-48(38-30-26-20-16-12-8-4)40-32-28-24-22-18-14-10-6-2;1-3-5-7-9-11-12-14-16-20-24(19-15-13-10-8-6-4-2)23-31-27-25-21-17-18-22-26(25)34-29(27)28(32)30(31)33/h33-36,41-44,47-48H,5-32,37-40,45-46H2,1-4H3;17-18,21-22,24H,3-16,19-20,23H2,1-2H3/b54-53+;. The van der Waals surface area contributed by atoms with Gasteiger partial charge in [0, 0.05) is 49.9 Å². The number of nitrogens with zero attached hydrogens (tertiary/aromatic N) is 3. The SMILES string of the molecule is CCCCCCCCCCC(CCCCCCCC)CN1C(=O)/C(=C2/C(=O)N(CC(CCCCCCCC)CCCCCCCCCC)c3c2sc2ccccc32)c2sc3ccccc3c21.CCCCCCCCCCC(CCCCCCCC)CN1C(=O)C(=O)c2sc3ccccc3c21. The van der Waals surface area contributed by atoms with Crippen molar-refractivity contribution in [3.63, 3.8) is 0 Å². The molecule has 3 atom stereocenters. The molecule has 0 spiro atoms. The molecule has 6 aromatic rings. The van der Waals surface area contributed by atoms with Gasteiger partial charge in [-0.05, 0) is 74.5 Å². The van der Waals surface area contributed by atoms with Crippen LogP contribution >= 0.6 is 34.0 Å². The molecule has 0 N–H and O–H groups in total. The number of ketones is 1. The summed E-state index contributed by atoms with van der Waals surface area (Å²) in [5.41, 5.74) is 4.37. The average Bonchev–Trinajstić information content (AvgIpc) is 1.55. The van der Waals surface area contributed by atoms with Crippen molar-refractivity contribution >= 4 is 116 Å². The maximum Gasteiger partial charge on any atom is 0.300 e. The van der Waals surface area contributed by atoms with Gasteiger partial charge in [0.25, 0.3) is 23.5 Å². The van der Waals surface area contributed by atoms with Crippen molar-refractivity contribution in [2.24, 2.45) is 17.8 Å². The molecule has 100 heavy (non-hydrogen) atoms. The van der Waals surface area contributed by atoms with Crippen LogP contribution in [0.25, 0.3) is 41.4 Å². The number of hydrogen-bond donors (Lipinski definition) is 0. The van der Waals surface area contributed by atoms with E-state index in [0.717, 1.165) is 67.2 Å². The number of Topliss-reactive ketones (excluding diaryl/α,β-unsaturated/α-hetero) is 1. The third-order valence-corrected chi connectivity index (χ3v) is 25.9. The monoisotopic (exact) mass is 1420 g/mol. The van der Waals surface area contributed by atoms with Gasteiger partial charge in [-0.3, -0.25) is 19.2 Å². The lowest BCUT2D eigenvalue weighted by molar-refractivity contribution is -0.114. The van der Waals surface area contributed by atoms with E-state index in [-0.39, 0.29) is 23.5 Å². The first-order valence-corrected chi connectivity index (χ1v) is 44.4. The molecule has 3 aromatic heterocycles. The second-order valence-electron chi connectivity index (χ2n) is 30.7. The number of amides is 3. The molecule has 9 rings (SSSR count). The number of anilines is 3. The van der Waals surface area contributed by atoms with Gasteiger partial charge in [-0.15, -0.1) is 34.0 Å². The molecule has 3 unspecified atom stereocenters. The predicted octanol–water partition coefficient (Wildman–Crippen LogP) is 28.8. The Morgan fingerprint density at radius 2 is 0.470 bits per heavy atom. The van der Waals surface area contributed by atoms with Crippen LogP contribution in [0.15, 0.2) is 72.8 Å². The number of fused-ring (bicyclic) bond motifs is 9. The highest BCUT2D eigenvalue weighted by molar-refractivity contribution is 7.23. The van der Waals surface area contributed by atoms with Crippen molar-refractivity contribution in [1.82, 2.24) is 0 Å². The number of thiophene rings is 3. The van der Waals surface area contributed by atoms with E-state index in [1.54, 1.807) is 22.7 Å². The van der Waals surface area contributed by atoms with Crippen LogP contribution in [-0.2, 0) is 14.4 Å². The third kappa shape index (κ3) is 23.9. The summed E-state index contributed by atoms with van der Waals surface area (Å²) in [5, 5.41) is 3.39. The number of hydrogen-bond acceptors (Lipinski definition) is 7. The van der Waals surface area contributed by atoms with Crippen molar-refractivity contribution in [2.45, 2.75) is 350 Å². The van der Waals surface area contributed by atoms with Gasteiger partial charge in [0.15, 0.2) is 0 Å². The minimum atomic E-state index is -0.309. The zero-order valence-corrected chi connectivity index (χ0v) is 66.4. The molecule has 3 aliphatic heterocycles. The van der Waals surface area contributed by atoms with Gasteiger partial charge in [0.1, 0.15) is 4.88 Å². The number of unbranched alkanes of at least 4 members (excludes halogenated alkanes) is 36. The highest BCUT2D eigenvalue weighted by atomic mass is 32.1. The average molecular weight is 1420 g/mol. The zero-order valence-electron chi connectivity index (χ0n) is 63.9. The first-order valence-electron chi connectivity index (χ1n) is 42.0. The Morgan fingerprint density at radius 3 is 0.730 bits per heavy atom. The van der Waals surface area contributed by atoms with E-state index >= 15 is 9.59 Å². The zero-order chi connectivity index (χ0) is 70.5. The maximum atomic E-state index is 15.5. The molecule has 0 fully saturated rings. The Morgan fingerprint density at radius 1 is 0.260 bits per heavy atom. The second-order valence-corrected chi connectivity index (χ2v) is 33.9. The van der Waals surface area contributed by atoms with Gasteiger partial charge < -0.3 is 14.7 Å². The lowest BCUT2D eigenvalue weighted by atomic mass is 9.93. The van der Waals surface area contributed by atoms with Gasteiger partial charge in [0.05, 0.1) is 38.0 Å². The first kappa shape index (κ1) is 81.0. The van der Waals surface area contributed by atoms with Crippen LogP contribution in [0, 0.1) is 17.8 Å². The molecule has 3 amide bonds. The van der Waals surface area contributed by atoms with E-state index < -0.39 is 0 Å². The summed E-state index contributed by atoms with van der Waals surface area (Å²) < 4.78 is 3.52. The van der Waals surface area contributed by atoms with Crippen LogP contribution in [0.2, 0.25) is 0 Å². The lowest BCUT2D eigenvalue weighted by Gasteiger charge is -2.25. The molecule has 0 saturated heterocycles. The van der Waals surface area contributed by atoms with E-state index in [4.69, 9.17) is 0 Å². The van der Waals surface area contributed by atoms with E-state index in [1.165, 1.54) is 323 Å². The molecule has 3 aliphatic rings. The van der Waals surface area contributed by atoms with E-state index in [1.807, 2.05) is 17.0 Å². The smallest absolute Gasteiger partial charge is 0.300 e. The van der Waals surface area contributed by atoms with Gasteiger partial charge >= 0.3 is 0 Å². The summed E-state index contributed by atoms with van der Waals surface area (Å²) in [5.74, 6) is 0.880. The van der Waals surface area contributed by atoms with Gasteiger partial charge in [-0.2, -0.15) is 0 Å². The number of carbonyl (C=O) groups is 4. The van der Waals surface area contributed by atoms with Crippen molar-refractivity contribution in [1.29, 1.82) is 0 Å². The lowest BCUT2D eigenvalue weighted by Crippen LogP contribution is -2.34. The van der Waals surface area contributed by atoms with Crippen LogP contribution in [-0.4, -0.2) is 43.1 Å². The summed E-state index contributed by atoms with van der Waals surface area (Å²) in [4.78, 5) is 65.5. The van der Waals surface area contributed by atoms with Crippen molar-refractivity contribution in [3.8, 4) is 0 Å². The molecule has 6 heterocycles. The number of carbonyl (C=O) groups excluding carboxylic acids is 4. The van der Waals surface area contributed by atoms with Crippen molar-refractivity contribution in [2.75, 3.05) is 34.3 Å². The molecular formula is C90H135N3O4S3. The molecule has 0 aliphatic carbocycles. The minimum absolute atomic E-state index is 0.0574. The van der Waals surface area contributed by atoms with E-state index in [9.17, 15) is 9.59 Å². The quantitative estimate of drug-likeness (QED) is 0.0217. The Hall–Kier alpha value is -4.64. The summed E-state index contributed by atoms with van der Waals surface area (Å²) >= 11 is 4.94. The fourth-order valence-electron chi connectivity index (χ4n) is 16.4. The number of rotatable bonds is 54. The van der Waals surface area contributed by atoms with Gasteiger partial charge in [-0.25, -0.2) is 0 Å². The largest absolute Gasteiger partial charge is 0.306 e. The summed E-state index contributed by atoms with van der Waals surface area (Å²) in [6, 6.07) is 25.5. The molecule has 0 bridgehead atoms. The fraction of sp³-hybridized carbons (Fsp3) is 0.667. The normalized spacial score (nSPS) is 15.3. The Kier molecular flexibility index (Phi) is 37.5. The fourth-order valence-corrected chi connectivity index (χ4v) is 20.1. The molecule has 10 heteroatoms. The Balaban J connectivity index is 0.000000313. The first-order chi connectivity index (χ1) is 49.2. The van der Waals surface area contributed by atoms with Crippen LogP contribution in [0.3, 0.4) is 0 Å². The maximum absolute atomic E-state index is 15.5. The summed E-state index contributed by atoms with van der Waals surface area (Å²) in [6.07, 6.45) is 62.0. The highest BCUT2D eigenvalue weighted by Gasteiger charge is 2.47. The van der Waals surface area contributed by atoms with E-state index in [2.05, 4.69) is 112 Å². The van der Waals surface area contributed by atoms with Gasteiger partial charge in [0.2, 0.25) is 0 Å². The van der Waals surface area contributed by atoms with Crippen LogP contribution in [0.4, 0.5) is 17.1 Å². The molecule has 0 saturated carbocycles. The van der Waals surface area contributed by atoms with Crippen LogP contribution < -0.4 is 14.7 Å². The Labute approximate surface area is 620 Å². The highest BCUT2D eigenvalue weighted by Crippen LogP contribution is 2.56. The molecule has 0 radical (unpaired) electrons. The minimum Gasteiger partial charge on any atom is -0.306 e. The predicted molar refractivity (Wildman–Crippen MR) is 440 cm³/mol. The van der Waals surface area contributed by atoms with Crippen LogP contribution in [0.1, 0.15) is 369 Å². The molecule has 3 aromatic carbocycles. The summed E-state index contributed by atoms with van der Waals surface area (Å²) in [6.45, 7) is 15.9. The van der Waals surface area contributed by atoms with Crippen LogP contribution in [0.5, 0.6) is 0 Å². The molecule has 7 nitrogen and oxygen atoms in total. The van der Waals surface area contributed by atoms with Crippen molar-refractivity contribution in [3.05, 3.63) is 87.4 Å². The van der Waals surface area contributed by atoms with Crippen molar-refractivity contribution < 1.29 is 19.2 Å². The third-order valence-electron chi connectivity index (χ3n) is 22.4.